The molecule has 118 valence electrons. The van der Waals surface area contributed by atoms with Crippen molar-refractivity contribution in [3.05, 3.63) is 76.0 Å². The summed E-state index contributed by atoms with van der Waals surface area (Å²) in [6, 6.07) is 17.9. The van der Waals surface area contributed by atoms with Crippen LogP contribution in [-0.2, 0) is 0 Å². The van der Waals surface area contributed by atoms with Gasteiger partial charge in [-0.05, 0) is 30.3 Å². The first-order valence-electron chi connectivity index (χ1n) is 7.33. The maximum absolute atomic E-state index is 12.4. The first kappa shape index (κ1) is 14.6. The van der Waals surface area contributed by atoms with Crippen molar-refractivity contribution in [3.63, 3.8) is 0 Å². The molecule has 0 bridgehead atoms. The minimum absolute atomic E-state index is 0.104. The number of rotatable bonds is 2. The minimum atomic E-state index is -0.434. The molecule has 2 N–H and O–H groups in total. The van der Waals surface area contributed by atoms with Crippen LogP contribution in [0, 0.1) is 0 Å². The molecule has 0 saturated heterocycles. The Morgan fingerprint density at radius 1 is 0.958 bits per heavy atom. The van der Waals surface area contributed by atoms with E-state index >= 15 is 0 Å². The SMILES string of the molecule is O=c1[nH]c2cc(Cl)ccc2c(O)c1-c1ccc(-c2ccccc2)o1. The summed E-state index contributed by atoms with van der Waals surface area (Å²) in [5.74, 6) is 0.810. The number of fused-ring (bicyclic) bond motifs is 1. The smallest absolute Gasteiger partial charge is 0.263 e. The van der Waals surface area contributed by atoms with E-state index in [1.807, 2.05) is 30.3 Å². The molecule has 0 atom stereocenters. The van der Waals surface area contributed by atoms with Crippen LogP contribution in [0.5, 0.6) is 5.75 Å². The Balaban J connectivity index is 1.90. The van der Waals surface area contributed by atoms with Crippen molar-refractivity contribution in [2.75, 3.05) is 0 Å². The van der Waals surface area contributed by atoms with E-state index in [0.717, 1.165) is 5.56 Å². The molecule has 4 nitrogen and oxygen atoms in total. The Labute approximate surface area is 142 Å². The Bertz CT molecular complexity index is 1100. The van der Waals surface area contributed by atoms with E-state index in [0.29, 0.717) is 27.4 Å². The fraction of sp³-hybridized carbons (Fsp3) is 0. The van der Waals surface area contributed by atoms with Crippen molar-refractivity contribution in [1.82, 2.24) is 4.98 Å². The van der Waals surface area contributed by atoms with E-state index in [1.165, 1.54) is 0 Å². The van der Waals surface area contributed by atoms with Crippen LogP contribution in [0.3, 0.4) is 0 Å². The first-order valence-corrected chi connectivity index (χ1v) is 7.71. The lowest BCUT2D eigenvalue weighted by atomic mass is 10.1. The summed E-state index contributed by atoms with van der Waals surface area (Å²) in [4.78, 5) is 15.1. The van der Waals surface area contributed by atoms with Crippen LogP contribution >= 0.6 is 11.6 Å². The maximum atomic E-state index is 12.4. The molecule has 0 amide bonds. The number of hydrogen-bond acceptors (Lipinski definition) is 3. The van der Waals surface area contributed by atoms with Crippen LogP contribution in [0.15, 0.2) is 69.9 Å². The van der Waals surface area contributed by atoms with Gasteiger partial charge in [0.1, 0.15) is 22.8 Å². The lowest BCUT2D eigenvalue weighted by Gasteiger charge is -2.06. The van der Waals surface area contributed by atoms with Crippen molar-refractivity contribution >= 4 is 22.5 Å². The van der Waals surface area contributed by atoms with Crippen molar-refractivity contribution in [3.8, 4) is 28.4 Å². The third-order valence-corrected chi connectivity index (χ3v) is 4.09. The van der Waals surface area contributed by atoms with Gasteiger partial charge < -0.3 is 14.5 Å². The van der Waals surface area contributed by atoms with Crippen molar-refractivity contribution in [1.29, 1.82) is 0 Å². The molecule has 4 aromatic rings. The summed E-state index contributed by atoms with van der Waals surface area (Å²) in [5.41, 5.74) is 1.04. The van der Waals surface area contributed by atoms with E-state index in [2.05, 4.69) is 4.98 Å². The third-order valence-electron chi connectivity index (χ3n) is 3.86. The number of hydrogen-bond donors (Lipinski definition) is 2. The van der Waals surface area contributed by atoms with Crippen LogP contribution < -0.4 is 5.56 Å². The van der Waals surface area contributed by atoms with Crippen LogP contribution in [-0.4, -0.2) is 10.1 Å². The number of furan rings is 1. The summed E-state index contributed by atoms with van der Waals surface area (Å²) in [5, 5.41) is 11.5. The molecule has 0 aliphatic rings. The highest BCUT2D eigenvalue weighted by molar-refractivity contribution is 6.31. The highest BCUT2D eigenvalue weighted by atomic mass is 35.5. The Hall–Kier alpha value is -2.98. The molecular weight excluding hydrogens is 326 g/mol. The number of aromatic amines is 1. The molecule has 2 aromatic carbocycles. The molecule has 4 rings (SSSR count). The van der Waals surface area contributed by atoms with E-state index < -0.39 is 5.56 Å². The maximum Gasteiger partial charge on any atom is 0.263 e. The molecule has 0 aliphatic heterocycles. The number of aromatic nitrogens is 1. The highest BCUT2D eigenvalue weighted by Crippen LogP contribution is 2.35. The summed E-state index contributed by atoms with van der Waals surface area (Å²) in [6.07, 6.45) is 0. The predicted octanol–water partition coefficient (Wildman–Crippen LogP) is 4.81. The highest BCUT2D eigenvalue weighted by Gasteiger charge is 2.17. The standard InChI is InChI=1S/C19H12ClNO3/c20-12-6-7-13-14(10-12)21-19(23)17(18(13)22)16-9-8-15(24-16)11-4-2-1-3-5-11/h1-10H,(H2,21,22,23). The molecule has 0 saturated carbocycles. The van der Waals surface area contributed by atoms with Crippen LogP contribution in [0.25, 0.3) is 33.6 Å². The van der Waals surface area contributed by atoms with E-state index in [1.54, 1.807) is 30.3 Å². The van der Waals surface area contributed by atoms with Crippen molar-refractivity contribution in [2.45, 2.75) is 0 Å². The third kappa shape index (κ3) is 2.37. The zero-order valence-corrected chi connectivity index (χ0v) is 13.2. The molecular formula is C19H12ClNO3. The lowest BCUT2D eigenvalue weighted by Crippen LogP contribution is -2.08. The Morgan fingerprint density at radius 2 is 1.71 bits per heavy atom. The van der Waals surface area contributed by atoms with Gasteiger partial charge in [0.25, 0.3) is 5.56 Å². The van der Waals surface area contributed by atoms with E-state index in [9.17, 15) is 9.90 Å². The normalized spacial score (nSPS) is 11.0. The Morgan fingerprint density at radius 3 is 2.50 bits per heavy atom. The number of pyridine rings is 1. The van der Waals surface area contributed by atoms with Gasteiger partial charge in [0.15, 0.2) is 0 Å². The number of benzene rings is 2. The van der Waals surface area contributed by atoms with Crippen LogP contribution in [0.4, 0.5) is 0 Å². The monoisotopic (exact) mass is 337 g/mol. The van der Waals surface area contributed by atoms with Gasteiger partial charge in [0.2, 0.25) is 0 Å². The quantitative estimate of drug-likeness (QED) is 0.551. The second kappa shape index (κ2) is 5.58. The van der Waals surface area contributed by atoms with Gasteiger partial charge in [-0.15, -0.1) is 0 Å². The number of aromatic hydroxyl groups is 1. The predicted molar refractivity (Wildman–Crippen MR) is 94.4 cm³/mol. The zero-order chi connectivity index (χ0) is 16.7. The molecule has 0 fully saturated rings. The second-order valence-electron chi connectivity index (χ2n) is 5.40. The first-order chi connectivity index (χ1) is 11.6. The molecule has 0 radical (unpaired) electrons. The number of nitrogens with one attached hydrogen (secondary N) is 1. The van der Waals surface area contributed by atoms with Gasteiger partial charge >= 0.3 is 0 Å². The average molecular weight is 338 g/mol. The Kier molecular flexibility index (Phi) is 3.40. The number of H-pyrrole nitrogens is 1. The van der Waals surface area contributed by atoms with Crippen LogP contribution in [0.2, 0.25) is 5.02 Å². The van der Waals surface area contributed by atoms with Gasteiger partial charge in [0.05, 0.1) is 5.52 Å². The van der Waals surface area contributed by atoms with E-state index in [4.69, 9.17) is 16.0 Å². The van der Waals surface area contributed by atoms with Gasteiger partial charge in [-0.25, -0.2) is 0 Å². The van der Waals surface area contributed by atoms with Crippen LogP contribution in [0.1, 0.15) is 0 Å². The fourth-order valence-electron chi connectivity index (χ4n) is 2.71. The lowest BCUT2D eigenvalue weighted by molar-refractivity contribution is 0.479. The topological polar surface area (TPSA) is 66.2 Å². The van der Waals surface area contributed by atoms with Gasteiger partial charge in [-0.3, -0.25) is 4.79 Å². The molecule has 2 aromatic heterocycles. The van der Waals surface area contributed by atoms with Crippen molar-refractivity contribution in [2.24, 2.45) is 0 Å². The summed E-state index contributed by atoms with van der Waals surface area (Å²) < 4.78 is 5.78. The van der Waals surface area contributed by atoms with Gasteiger partial charge in [-0.1, -0.05) is 41.9 Å². The molecule has 0 unspecified atom stereocenters. The summed E-state index contributed by atoms with van der Waals surface area (Å²) in [7, 11) is 0. The number of halogens is 1. The molecule has 0 spiro atoms. The molecule has 24 heavy (non-hydrogen) atoms. The largest absolute Gasteiger partial charge is 0.506 e. The second-order valence-corrected chi connectivity index (χ2v) is 5.83. The summed E-state index contributed by atoms with van der Waals surface area (Å²) >= 11 is 5.93. The van der Waals surface area contributed by atoms with Gasteiger partial charge in [0, 0.05) is 16.0 Å². The van der Waals surface area contributed by atoms with Gasteiger partial charge in [-0.2, -0.15) is 0 Å². The van der Waals surface area contributed by atoms with E-state index in [-0.39, 0.29) is 11.3 Å². The average Bonchev–Trinajstić information content (AvgIpc) is 3.05. The molecule has 2 heterocycles. The summed E-state index contributed by atoms with van der Waals surface area (Å²) in [6.45, 7) is 0. The molecule has 0 aliphatic carbocycles. The fourth-order valence-corrected chi connectivity index (χ4v) is 2.88. The zero-order valence-electron chi connectivity index (χ0n) is 12.4. The van der Waals surface area contributed by atoms with Crippen molar-refractivity contribution < 1.29 is 9.52 Å². The minimum Gasteiger partial charge on any atom is -0.506 e. The molecule has 5 heteroatoms.